The minimum absolute atomic E-state index is 0.0903. The van der Waals surface area contributed by atoms with Crippen LogP contribution in [-0.4, -0.2) is 79.3 Å². The zero-order valence-electron chi connectivity index (χ0n) is 17.8. The summed E-state index contributed by atoms with van der Waals surface area (Å²) in [7, 11) is -3.50. The molecule has 2 unspecified atom stereocenters. The molecule has 29 heavy (non-hydrogen) atoms. The van der Waals surface area contributed by atoms with Crippen molar-refractivity contribution in [3.8, 4) is 0 Å². The average molecular weight is 426 g/mol. The van der Waals surface area contributed by atoms with E-state index in [4.69, 9.17) is 4.74 Å². The van der Waals surface area contributed by atoms with Crippen LogP contribution in [-0.2, 0) is 19.7 Å². The van der Waals surface area contributed by atoms with Gasteiger partial charge >= 0.3 is 0 Å². The van der Waals surface area contributed by atoms with Crippen molar-refractivity contribution in [2.45, 2.75) is 64.6 Å². The highest BCUT2D eigenvalue weighted by Gasteiger charge is 2.55. The summed E-state index contributed by atoms with van der Waals surface area (Å²) in [6.07, 6.45) is 7.01. The van der Waals surface area contributed by atoms with Crippen LogP contribution in [0.25, 0.3) is 0 Å². The lowest BCUT2D eigenvalue weighted by Crippen LogP contribution is -2.60. The van der Waals surface area contributed by atoms with Gasteiger partial charge in [-0.3, -0.25) is 4.79 Å². The minimum Gasteiger partial charge on any atom is -0.373 e. The molecule has 0 N–H and O–H groups in total. The van der Waals surface area contributed by atoms with Gasteiger partial charge in [-0.05, 0) is 70.1 Å². The molecular weight excluding hydrogens is 390 g/mol. The second kappa shape index (κ2) is 7.18. The molecule has 4 bridgehead atoms. The fourth-order valence-electron chi connectivity index (χ4n) is 7.31. The van der Waals surface area contributed by atoms with Gasteiger partial charge in [-0.2, -0.15) is 17.0 Å². The monoisotopic (exact) mass is 425 g/mol. The Labute approximate surface area is 174 Å². The zero-order chi connectivity index (χ0) is 20.4. The zero-order valence-corrected chi connectivity index (χ0v) is 18.6. The molecule has 1 amide bonds. The summed E-state index contributed by atoms with van der Waals surface area (Å²) < 4.78 is 35.1. The fraction of sp³-hybridized carbons (Fsp3) is 0.952. The number of piperazine rings is 1. The van der Waals surface area contributed by atoms with E-state index in [1.165, 1.54) is 19.3 Å². The van der Waals surface area contributed by atoms with Crippen LogP contribution in [0.3, 0.4) is 0 Å². The Morgan fingerprint density at radius 1 is 0.828 bits per heavy atom. The molecule has 4 saturated carbocycles. The standard InChI is InChI=1S/C21H35N3O4S/c1-15-13-24(14-16(2)28-15)29(26,27)23-5-3-22(4-6-23)20(25)21-10-17-7-18(11-21)9-19(8-17)12-21/h15-19H,3-14H2,1-2H3. The Balaban J connectivity index is 1.23. The first-order chi connectivity index (χ1) is 13.7. The molecule has 7 nitrogen and oxygen atoms in total. The van der Waals surface area contributed by atoms with E-state index >= 15 is 0 Å². The Hall–Kier alpha value is -0.700. The summed E-state index contributed by atoms with van der Waals surface area (Å²) in [5.74, 6) is 2.56. The van der Waals surface area contributed by atoms with E-state index in [-0.39, 0.29) is 17.6 Å². The molecule has 6 fully saturated rings. The Kier molecular flexibility index (Phi) is 5.00. The van der Waals surface area contributed by atoms with E-state index in [9.17, 15) is 13.2 Å². The van der Waals surface area contributed by atoms with Crippen molar-refractivity contribution in [3.63, 3.8) is 0 Å². The summed E-state index contributed by atoms with van der Waals surface area (Å²) in [6.45, 7) is 6.49. The molecule has 0 aromatic heterocycles. The van der Waals surface area contributed by atoms with Gasteiger partial charge in [-0.25, -0.2) is 0 Å². The first-order valence-electron chi connectivity index (χ1n) is 11.5. The number of morpholine rings is 1. The van der Waals surface area contributed by atoms with Crippen LogP contribution in [0.5, 0.6) is 0 Å². The molecule has 2 heterocycles. The Morgan fingerprint density at radius 2 is 1.31 bits per heavy atom. The average Bonchev–Trinajstić information content (AvgIpc) is 2.66. The van der Waals surface area contributed by atoms with Crippen LogP contribution >= 0.6 is 0 Å². The number of ether oxygens (including phenoxy) is 1. The van der Waals surface area contributed by atoms with Crippen molar-refractivity contribution in [2.24, 2.45) is 23.2 Å². The quantitative estimate of drug-likeness (QED) is 0.690. The van der Waals surface area contributed by atoms with Gasteiger partial charge in [-0.15, -0.1) is 0 Å². The highest BCUT2D eigenvalue weighted by molar-refractivity contribution is 7.86. The summed E-state index contributed by atoms with van der Waals surface area (Å²) >= 11 is 0. The minimum atomic E-state index is -3.50. The predicted octanol–water partition coefficient (Wildman–Crippen LogP) is 1.70. The van der Waals surface area contributed by atoms with E-state index in [1.807, 2.05) is 18.7 Å². The number of carbonyl (C=O) groups excluding carboxylic acids is 1. The van der Waals surface area contributed by atoms with E-state index in [0.29, 0.717) is 45.2 Å². The van der Waals surface area contributed by atoms with Crippen LogP contribution < -0.4 is 0 Å². The third-order valence-corrected chi connectivity index (χ3v) is 10.0. The molecule has 0 aromatic rings. The van der Waals surface area contributed by atoms with Gasteiger partial charge in [0, 0.05) is 39.3 Å². The highest BCUT2D eigenvalue weighted by Crippen LogP contribution is 2.60. The second-order valence-electron chi connectivity index (χ2n) is 10.5. The number of nitrogens with zero attached hydrogens (tertiary/aromatic N) is 3. The van der Waals surface area contributed by atoms with Crippen LogP contribution in [0.1, 0.15) is 52.4 Å². The normalized spacial score (nSPS) is 43.7. The highest BCUT2D eigenvalue weighted by atomic mass is 32.2. The molecule has 4 aliphatic carbocycles. The summed E-state index contributed by atoms with van der Waals surface area (Å²) in [6, 6.07) is 0. The van der Waals surface area contributed by atoms with Crippen LogP contribution in [0.15, 0.2) is 0 Å². The van der Waals surface area contributed by atoms with E-state index in [1.54, 1.807) is 8.61 Å². The summed E-state index contributed by atoms with van der Waals surface area (Å²) in [5, 5.41) is 0. The van der Waals surface area contributed by atoms with Crippen molar-refractivity contribution >= 4 is 16.1 Å². The molecule has 2 aliphatic heterocycles. The van der Waals surface area contributed by atoms with E-state index in [0.717, 1.165) is 37.0 Å². The molecular formula is C21H35N3O4S. The van der Waals surface area contributed by atoms with Gasteiger partial charge in [0.2, 0.25) is 5.91 Å². The van der Waals surface area contributed by atoms with Crippen LogP contribution in [0.4, 0.5) is 0 Å². The van der Waals surface area contributed by atoms with Gasteiger partial charge in [-0.1, -0.05) is 0 Å². The van der Waals surface area contributed by atoms with Crippen LogP contribution in [0, 0.1) is 23.2 Å². The molecule has 6 aliphatic rings. The Morgan fingerprint density at radius 3 is 1.79 bits per heavy atom. The van der Waals surface area contributed by atoms with Gasteiger partial charge in [0.05, 0.1) is 17.6 Å². The predicted molar refractivity (Wildman–Crippen MR) is 109 cm³/mol. The van der Waals surface area contributed by atoms with Crippen molar-refractivity contribution < 1.29 is 17.9 Å². The maximum Gasteiger partial charge on any atom is 0.282 e. The Bertz CT molecular complexity index is 717. The van der Waals surface area contributed by atoms with Crippen molar-refractivity contribution in [1.82, 2.24) is 13.5 Å². The van der Waals surface area contributed by atoms with Crippen molar-refractivity contribution in [3.05, 3.63) is 0 Å². The van der Waals surface area contributed by atoms with E-state index < -0.39 is 10.2 Å². The van der Waals surface area contributed by atoms with Crippen molar-refractivity contribution in [1.29, 1.82) is 0 Å². The molecule has 164 valence electrons. The smallest absolute Gasteiger partial charge is 0.282 e. The van der Waals surface area contributed by atoms with E-state index in [2.05, 4.69) is 0 Å². The molecule has 0 spiro atoms. The molecule has 2 saturated heterocycles. The maximum absolute atomic E-state index is 13.5. The third-order valence-electron chi connectivity index (χ3n) is 8.06. The summed E-state index contributed by atoms with van der Waals surface area (Å²) in [5.41, 5.74) is -0.134. The SMILES string of the molecule is CC1CN(S(=O)(=O)N2CCN(C(=O)C34CC5CC(CC(C5)C3)C4)CC2)CC(C)O1. The molecule has 2 atom stereocenters. The fourth-order valence-corrected chi connectivity index (χ4v) is 9.06. The largest absolute Gasteiger partial charge is 0.373 e. The molecule has 0 aromatic carbocycles. The number of carbonyl (C=O) groups is 1. The summed E-state index contributed by atoms with van der Waals surface area (Å²) in [4.78, 5) is 15.5. The number of hydrogen-bond acceptors (Lipinski definition) is 4. The van der Waals surface area contributed by atoms with Gasteiger partial charge < -0.3 is 9.64 Å². The lowest BCUT2D eigenvalue weighted by Gasteiger charge is -2.57. The lowest BCUT2D eigenvalue weighted by molar-refractivity contribution is -0.158. The van der Waals surface area contributed by atoms with Gasteiger partial charge in [0.1, 0.15) is 0 Å². The number of amides is 1. The first-order valence-corrected chi connectivity index (χ1v) is 12.8. The van der Waals surface area contributed by atoms with Crippen molar-refractivity contribution in [2.75, 3.05) is 39.3 Å². The van der Waals surface area contributed by atoms with Gasteiger partial charge in [0.15, 0.2) is 0 Å². The van der Waals surface area contributed by atoms with Gasteiger partial charge in [0.25, 0.3) is 10.2 Å². The maximum atomic E-state index is 13.5. The lowest BCUT2D eigenvalue weighted by atomic mass is 9.49. The topological polar surface area (TPSA) is 70.2 Å². The molecule has 0 radical (unpaired) electrons. The molecule has 8 heteroatoms. The third kappa shape index (κ3) is 3.54. The number of hydrogen-bond donors (Lipinski definition) is 0. The second-order valence-corrected chi connectivity index (χ2v) is 12.4. The number of rotatable bonds is 3. The molecule has 6 rings (SSSR count). The first kappa shape index (κ1) is 20.2. The van der Waals surface area contributed by atoms with Crippen LogP contribution in [0.2, 0.25) is 0 Å².